The molecule has 1 saturated heterocycles. The van der Waals surface area contributed by atoms with E-state index in [2.05, 4.69) is 20.9 Å². The molecule has 0 radical (unpaired) electrons. The summed E-state index contributed by atoms with van der Waals surface area (Å²) in [6.07, 6.45) is 1.62. The van der Waals surface area contributed by atoms with Crippen molar-refractivity contribution in [2.45, 2.75) is 58.3 Å². The average Bonchev–Trinajstić information content (AvgIpc) is 3.23. The van der Waals surface area contributed by atoms with Crippen molar-refractivity contribution in [2.75, 3.05) is 39.5 Å². The SMILES string of the molecule is CCNC(=NCC(NC(=O)OC(C)(C)C)c1ccccc1)NCCCOC1CCOC1. The highest BCUT2D eigenvalue weighted by Crippen LogP contribution is 2.15. The molecule has 1 heterocycles. The minimum Gasteiger partial charge on any atom is -0.444 e. The van der Waals surface area contributed by atoms with Crippen LogP contribution in [0.1, 0.15) is 52.1 Å². The lowest BCUT2D eigenvalue weighted by Gasteiger charge is -2.23. The van der Waals surface area contributed by atoms with Gasteiger partial charge in [-0.3, -0.25) is 4.99 Å². The van der Waals surface area contributed by atoms with E-state index < -0.39 is 11.7 Å². The van der Waals surface area contributed by atoms with Gasteiger partial charge in [-0.05, 0) is 46.1 Å². The number of ether oxygens (including phenoxy) is 3. The second-order valence-electron chi connectivity index (χ2n) is 8.47. The van der Waals surface area contributed by atoms with Crippen LogP contribution in [0.3, 0.4) is 0 Å². The molecule has 1 amide bonds. The third-order valence-electron chi connectivity index (χ3n) is 4.52. The van der Waals surface area contributed by atoms with Crippen LogP contribution in [-0.4, -0.2) is 63.2 Å². The van der Waals surface area contributed by atoms with Crippen LogP contribution in [0.4, 0.5) is 4.79 Å². The number of hydrogen-bond acceptors (Lipinski definition) is 5. The Morgan fingerprint density at radius 3 is 2.68 bits per heavy atom. The minimum absolute atomic E-state index is 0.229. The Morgan fingerprint density at radius 1 is 1.26 bits per heavy atom. The maximum Gasteiger partial charge on any atom is 0.408 e. The topological polar surface area (TPSA) is 93.2 Å². The molecule has 0 spiro atoms. The highest BCUT2D eigenvalue weighted by molar-refractivity contribution is 5.79. The van der Waals surface area contributed by atoms with Crippen molar-refractivity contribution in [2.24, 2.45) is 4.99 Å². The van der Waals surface area contributed by atoms with Gasteiger partial charge in [-0.15, -0.1) is 0 Å². The summed E-state index contributed by atoms with van der Waals surface area (Å²) in [7, 11) is 0. The number of amides is 1. The molecule has 1 aromatic rings. The van der Waals surface area contributed by atoms with E-state index in [9.17, 15) is 4.79 Å². The predicted molar refractivity (Wildman–Crippen MR) is 122 cm³/mol. The Balaban J connectivity index is 1.89. The molecule has 8 heteroatoms. The number of rotatable bonds is 10. The lowest BCUT2D eigenvalue weighted by molar-refractivity contribution is 0.0419. The molecular weight excluding hydrogens is 396 g/mol. The van der Waals surface area contributed by atoms with Crippen LogP contribution in [0.2, 0.25) is 0 Å². The van der Waals surface area contributed by atoms with Crippen molar-refractivity contribution in [3.63, 3.8) is 0 Å². The molecule has 0 aromatic heterocycles. The number of hydrogen-bond donors (Lipinski definition) is 3. The Kier molecular flexibility index (Phi) is 10.6. The predicted octanol–water partition coefficient (Wildman–Crippen LogP) is 3.00. The van der Waals surface area contributed by atoms with E-state index in [0.717, 1.165) is 38.1 Å². The summed E-state index contributed by atoms with van der Waals surface area (Å²) >= 11 is 0. The lowest BCUT2D eigenvalue weighted by atomic mass is 10.1. The van der Waals surface area contributed by atoms with E-state index in [-0.39, 0.29) is 12.1 Å². The van der Waals surface area contributed by atoms with Crippen LogP contribution in [0, 0.1) is 0 Å². The molecule has 1 aliphatic heterocycles. The van der Waals surface area contributed by atoms with Gasteiger partial charge < -0.3 is 30.2 Å². The van der Waals surface area contributed by atoms with Gasteiger partial charge in [-0.2, -0.15) is 0 Å². The summed E-state index contributed by atoms with van der Waals surface area (Å²) in [6, 6.07) is 9.49. The summed E-state index contributed by atoms with van der Waals surface area (Å²) in [5, 5.41) is 9.51. The summed E-state index contributed by atoms with van der Waals surface area (Å²) < 4.78 is 16.5. The molecule has 31 heavy (non-hydrogen) atoms. The van der Waals surface area contributed by atoms with Crippen molar-refractivity contribution < 1.29 is 19.0 Å². The molecule has 8 nitrogen and oxygen atoms in total. The molecule has 2 atom stereocenters. The number of alkyl carbamates (subject to hydrolysis) is 1. The molecule has 1 aliphatic rings. The van der Waals surface area contributed by atoms with Crippen molar-refractivity contribution >= 4 is 12.1 Å². The van der Waals surface area contributed by atoms with Gasteiger partial charge in [0.25, 0.3) is 0 Å². The van der Waals surface area contributed by atoms with Gasteiger partial charge in [0.1, 0.15) is 5.60 Å². The van der Waals surface area contributed by atoms with Gasteiger partial charge in [0.05, 0.1) is 25.3 Å². The average molecular weight is 435 g/mol. The minimum atomic E-state index is -0.558. The highest BCUT2D eigenvalue weighted by atomic mass is 16.6. The summed E-state index contributed by atoms with van der Waals surface area (Å²) in [5.74, 6) is 0.707. The number of guanidine groups is 1. The smallest absolute Gasteiger partial charge is 0.408 e. The van der Waals surface area contributed by atoms with E-state index >= 15 is 0 Å². The normalized spacial score (nSPS) is 17.8. The fraction of sp³-hybridized carbons (Fsp3) is 0.652. The van der Waals surface area contributed by atoms with E-state index in [1.165, 1.54) is 0 Å². The van der Waals surface area contributed by atoms with Gasteiger partial charge >= 0.3 is 6.09 Å². The lowest BCUT2D eigenvalue weighted by Crippen LogP contribution is -2.40. The van der Waals surface area contributed by atoms with Crippen LogP contribution >= 0.6 is 0 Å². The van der Waals surface area contributed by atoms with E-state index in [1.54, 1.807) is 0 Å². The molecule has 1 fully saturated rings. The molecule has 1 aromatic carbocycles. The first-order valence-electron chi connectivity index (χ1n) is 11.1. The van der Waals surface area contributed by atoms with Crippen molar-refractivity contribution in [3.8, 4) is 0 Å². The molecule has 0 bridgehead atoms. The maximum atomic E-state index is 12.3. The van der Waals surface area contributed by atoms with E-state index in [0.29, 0.717) is 25.7 Å². The Labute approximate surface area is 186 Å². The number of nitrogens with one attached hydrogen (secondary N) is 3. The van der Waals surface area contributed by atoms with Gasteiger partial charge in [0, 0.05) is 26.3 Å². The zero-order valence-electron chi connectivity index (χ0n) is 19.3. The second-order valence-corrected chi connectivity index (χ2v) is 8.47. The molecule has 0 aliphatic carbocycles. The third kappa shape index (κ3) is 10.5. The Morgan fingerprint density at radius 2 is 2.03 bits per heavy atom. The van der Waals surface area contributed by atoms with Crippen molar-refractivity contribution in [1.29, 1.82) is 0 Å². The first-order valence-corrected chi connectivity index (χ1v) is 11.1. The molecule has 2 unspecified atom stereocenters. The quantitative estimate of drug-likeness (QED) is 0.298. The second kappa shape index (κ2) is 13.2. The summed E-state index contributed by atoms with van der Waals surface area (Å²) in [5.41, 5.74) is 0.415. The zero-order valence-corrected chi connectivity index (χ0v) is 19.3. The summed E-state index contributed by atoms with van der Waals surface area (Å²) in [4.78, 5) is 17.0. The zero-order chi connectivity index (χ0) is 22.5. The van der Waals surface area contributed by atoms with E-state index in [4.69, 9.17) is 14.2 Å². The number of carbonyl (C=O) groups is 1. The molecule has 0 saturated carbocycles. The first-order chi connectivity index (χ1) is 14.9. The van der Waals surface area contributed by atoms with Crippen LogP contribution in [-0.2, 0) is 14.2 Å². The van der Waals surface area contributed by atoms with Crippen molar-refractivity contribution in [1.82, 2.24) is 16.0 Å². The number of benzene rings is 1. The molecular formula is C23H38N4O4. The first kappa shape index (κ1) is 24.9. The molecule has 3 N–H and O–H groups in total. The monoisotopic (exact) mass is 434 g/mol. The highest BCUT2D eigenvalue weighted by Gasteiger charge is 2.20. The van der Waals surface area contributed by atoms with Crippen LogP contribution in [0.15, 0.2) is 35.3 Å². The van der Waals surface area contributed by atoms with Gasteiger partial charge in [-0.1, -0.05) is 30.3 Å². The molecule has 174 valence electrons. The standard InChI is InChI=1S/C23H38N4O4/c1-5-24-21(25-13-9-14-30-19-12-15-29-17-19)26-16-20(18-10-7-6-8-11-18)27-22(28)31-23(2,3)4/h6-8,10-11,19-20H,5,9,12-17H2,1-4H3,(H,27,28)(H2,24,25,26). The number of aliphatic imine (C=N–C) groups is 1. The third-order valence-corrected chi connectivity index (χ3v) is 4.52. The fourth-order valence-corrected chi connectivity index (χ4v) is 3.07. The fourth-order valence-electron chi connectivity index (χ4n) is 3.07. The van der Waals surface area contributed by atoms with Crippen LogP contribution in [0.5, 0.6) is 0 Å². The van der Waals surface area contributed by atoms with Gasteiger partial charge in [-0.25, -0.2) is 4.79 Å². The Hall–Kier alpha value is -2.32. The van der Waals surface area contributed by atoms with Crippen molar-refractivity contribution in [3.05, 3.63) is 35.9 Å². The largest absolute Gasteiger partial charge is 0.444 e. The molecule has 2 rings (SSSR count). The van der Waals surface area contributed by atoms with Crippen LogP contribution < -0.4 is 16.0 Å². The number of nitrogens with zero attached hydrogens (tertiary/aromatic N) is 1. The number of carbonyl (C=O) groups excluding carboxylic acids is 1. The maximum absolute atomic E-state index is 12.3. The Bertz CT molecular complexity index is 670. The van der Waals surface area contributed by atoms with Gasteiger partial charge in [0.15, 0.2) is 5.96 Å². The van der Waals surface area contributed by atoms with E-state index in [1.807, 2.05) is 58.0 Å². The van der Waals surface area contributed by atoms with Crippen LogP contribution in [0.25, 0.3) is 0 Å². The van der Waals surface area contributed by atoms with Gasteiger partial charge in [0.2, 0.25) is 0 Å². The summed E-state index contributed by atoms with van der Waals surface area (Å²) in [6.45, 7) is 11.6.